The molecule has 13 aromatic carbocycles. The third-order valence-corrected chi connectivity index (χ3v) is 28.1. The van der Waals surface area contributed by atoms with Crippen molar-refractivity contribution >= 4 is 81.4 Å². The summed E-state index contributed by atoms with van der Waals surface area (Å²) in [6, 6.07) is 125. The summed E-state index contributed by atoms with van der Waals surface area (Å²) in [4.78, 5) is 5.01. The van der Waals surface area contributed by atoms with Crippen molar-refractivity contribution in [3.05, 3.63) is 361 Å². The van der Waals surface area contributed by atoms with Gasteiger partial charge in [0.2, 0.25) is 0 Å². The Kier molecular flexibility index (Phi) is 12.6. The van der Waals surface area contributed by atoms with Gasteiger partial charge in [-0.15, -0.1) is 0 Å². The van der Waals surface area contributed by atoms with Crippen LogP contribution in [0.1, 0.15) is 47.2 Å². The molecule has 13 aromatic rings. The van der Waals surface area contributed by atoms with E-state index in [1.54, 1.807) is 0 Å². The van der Waals surface area contributed by atoms with Gasteiger partial charge in [-0.3, -0.25) is 0 Å². The fraction of sp³-hybridized carbons (Fsp3) is 0.0714. The lowest BCUT2D eigenvalue weighted by molar-refractivity contribution is 0.632. The molecule has 16 rings (SSSR count). The summed E-state index contributed by atoms with van der Waals surface area (Å²) in [6.07, 6.45) is 0. The largest absolute Gasteiger partial charge is 0.311 e. The Balaban J connectivity index is 0.948. The van der Waals surface area contributed by atoms with Crippen LogP contribution in [0.3, 0.4) is 0 Å². The Morgan fingerprint density at radius 2 is 0.659 bits per heavy atom. The zero-order valence-electron chi connectivity index (χ0n) is 50.1. The minimum atomic E-state index is -3.27. The van der Waals surface area contributed by atoms with E-state index in [0.29, 0.717) is 0 Å². The van der Waals surface area contributed by atoms with E-state index >= 15 is 0 Å². The van der Waals surface area contributed by atoms with Gasteiger partial charge in [0.1, 0.15) is 8.07 Å². The molecule has 2 nitrogen and oxygen atoms in total. The van der Waals surface area contributed by atoms with Crippen molar-refractivity contribution in [3.8, 4) is 33.4 Å². The first-order valence-corrected chi connectivity index (χ1v) is 36.0. The van der Waals surface area contributed by atoms with Crippen molar-refractivity contribution in [2.45, 2.75) is 37.8 Å². The molecule has 0 amide bonds. The number of benzene rings is 13. The van der Waals surface area contributed by atoms with Crippen LogP contribution in [0, 0.1) is 0 Å². The molecule has 2 aliphatic heterocycles. The van der Waals surface area contributed by atoms with Gasteiger partial charge in [0.05, 0.1) is 16.8 Å². The normalized spacial score (nSPS) is 14.6. The first kappa shape index (κ1) is 53.4. The quantitative estimate of drug-likeness (QED) is 0.0995. The second-order valence-electron chi connectivity index (χ2n) is 25.2. The number of anilines is 6. The van der Waals surface area contributed by atoms with E-state index in [1.807, 2.05) is 0 Å². The molecule has 0 bridgehead atoms. The van der Waals surface area contributed by atoms with E-state index in [4.69, 9.17) is 0 Å². The molecule has 0 spiro atoms. The molecule has 0 fully saturated rings. The van der Waals surface area contributed by atoms with Gasteiger partial charge >= 0.3 is 0 Å². The summed E-state index contributed by atoms with van der Waals surface area (Å²) in [5.74, 6) is 0. The maximum atomic E-state index is 2.56. The smallest absolute Gasteiger partial charge is 0.179 e. The summed E-state index contributed by atoms with van der Waals surface area (Å²) in [7, 11) is -5.29. The average molecular weight is 1160 g/mol. The summed E-state index contributed by atoms with van der Waals surface area (Å²) in [5.41, 5.74) is 21.6. The first-order chi connectivity index (χ1) is 43.2. The van der Waals surface area contributed by atoms with Crippen LogP contribution in [-0.4, -0.2) is 16.1 Å². The van der Waals surface area contributed by atoms with Gasteiger partial charge < -0.3 is 9.80 Å². The number of nitrogens with zero attached hydrogens (tertiary/aromatic N) is 2. The van der Waals surface area contributed by atoms with Crippen LogP contribution >= 0.6 is 0 Å². The molecule has 2 heterocycles. The van der Waals surface area contributed by atoms with E-state index < -0.39 is 21.6 Å². The second kappa shape index (κ2) is 20.8. The molecule has 0 unspecified atom stereocenters. The van der Waals surface area contributed by atoms with Crippen LogP contribution in [-0.2, 0) is 10.8 Å². The highest BCUT2D eigenvalue weighted by Gasteiger charge is 2.48. The highest BCUT2D eigenvalue weighted by Crippen LogP contribution is 2.56. The molecule has 3 aliphatic rings. The van der Waals surface area contributed by atoms with Crippen LogP contribution in [0.25, 0.3) is 33.4 Å². The summed E-state index contributed by atoms with van der Waals surface area (Å²) >= 11 is 0. The lowest BCUT2D eigenvalue weighted by Crippen LogP contribution is -2.74. The van der Waals surface area contributed by atoms with Crippen LogP contribution in [0.4, 0.5) is 34.1 Å². The lowest BCUT2D eigenvalue weighted by Gasteiger charge is -2.42. The maximum absolute atomic E-state index is 3.27. The number of fused-ring (bicyclic) bond motifs is 7. The molecule has 0 saturated heterocycles. The minimum absolute atomic E-state index is 0.176. The number of para-hydroxylation sites is 4. The summed E-state index contributed by atoms with van der Waals surface area (Å²) in [6.45, 7) is 9.73. The van der Waals surface area contributed by atoms with E-state index in [-0.39, 0.29) is 5.41 Å². The lowest BCUT2D eigenvalue weighted by atomic mass is 9.68. The molecule has 4 heteroatoms. The Labute approximate surface area is 520 Å². The van der Waals surface area contributed by atoms with Crippen LogP contribution in [0.15, 0.2) is 328 Å². The SMILES string of the molecule is CC1(C)c2ccccc2N(c2cccc(-c3cc(-c4cccc(N5c6ccccc6[Si](C)(C)c6ccccc65)c4)cc([Si](c4ccccc4)(c4ccccc4)c4ccc(C5(c6ccccc6)c6ccccc6-c6ccccc65)cc4)c3)c2)c2ccccc21. The highest BCUT2D eigenvalue weighted by molar-refractivity contribution is 7.20. The van der Waals surface area contributed by atoms with Crippen LogP contribution in [0.5, 0.6) is 0 Å². The van der Waals surface area contributed by atoms with Gasteiger partial charge in [-0.1, -0.05) is 300 Å². The predicted molar refractivity (Wildman–Crippen MR) is 376 cm³/mol. The Morgan fingerprint density at radius 1 is 0.284 bits per heavy atom. The monoisotopic (exact) mass is 1160 g/mol. The molecule has 0 saturated carbocycles. The van der Waals surface area contributed by atoms with Crippen LogP contribution in [0.2, 0.25) is 13.1 Å². The Morgan fingerprint density at radius 3 is 1.15 bits per heavy atom. The molecular formula is C84H66N2Si2. The Hall–Kier alpha value is -10.1. The van der Waals surface area contributed by atoms with Crippen LogP contribution < -0.4 is 40.9 Å². The molecule has 0 aromatic heterocycles. The van der Waals surface area contributed by atoms with Gasteiger partial charge in [-0.05, 0) is 152 Å². The summed E-state index contributed by atoms with van der Waals surface area (Å²) in [5, 5.41) is 8.19. The zero-order valence-corrected chi connectivity index (χ0v) is 52.1. The third-order valence-electron chi connectivity index (χ3n) is 19.8. The van der Waals surface area contributed by atoms with E-state index in [0.717, 1.165) is 22.5 Å². The first-order valence-electron chi connectivity index (χ1n) is 31.0. The molecule has 0 radical (unpaired) electrons. The number of hydrogen-bond donors (Lipinski definition) is 0. The molecule has 0 N–H and O–H groups in total. The highest BCUT2D eigenvalue weighted by atomic mass is 28.3. The van der Waals surface area contributed by atoms with Gasteiger partial charge in [0, 0.05) is 28.2 Å². The average Bonchev–Trinajstić information content (AvgIpc) is 1.77. The summed E-state index contributed by atoms with van der Waals surface area (Å²) < 4.78 is 0. The van der Waals surface area contributed by atoms with Crippen molar-refractivity contribution < 1.29 is 0 Å². The molecule has 88 heavy (non-hydrogen) atoms. The number of rotatable bonds is 10. The van der Waals surface area contributed by atoms with Crippen molar-refractivity contribution in [2.24, 2.45) is 0 Å². The van der Waals surface area contributed by atoms with E-state index in [2.05, 4.69) is 364 Å². The topological polar surface area (TPSA) is 6.48 Å². The standard InChI is InChI=1S/C84H66N2Si2/c1-83(2)75-42-18-20-44-77(75)85(78-45-21-19-43-76(78)83)65-32-26-28-59(55-65)61-54-62(60-29-27-33-66(56-60)86-79-46-22-24-48-81(79)87(3,4)82-49-25-23-47-80(82)86)58-70(57-61)88(67-34-10-6-11-35-67,68-36-12-7-13-37-68)69-52-50-64(51-53-69)84(63-30-8-5-9-31-63)73-40-16-14-38-71(73)72-39-15-17-41-74(72)84/h5-58H,1-4H3. The maximum Gasteiger partial charge on any atom is 0.179 e. The van der Waals surface area contributed by atoms with E-state index in [1.165, 1.54) is 110 Å². The van der Waals surface area contributed by atoms with E-state index in [9.17, 15) is 0 Å². The van der Waals surface area contributed by atoms with Crippen molar-refractivity contribution in [1.29, 1.82) is 0 Å². The molecular weight excluding hydrogens is 1090 g/mol. The predicted octanol–water partition coefficient (Wildman–Crippen LogP) is 17.5. The van der Waals surface area contributed by atoms with Crippen molar-refractivity contribution in [3.63, 3.8) is 0 Å². The molecule has 0 atom stereocenters. The van der Waals surface area contributed by atoms with Crippen molar-refractivity contribution in [2.75, 3.05) is 9.80 Å². The van der Waals surface area contributed by atoms with Crippen molar-refractivity contribution in [1.82, 2.24) is 0 Å². The molecule has 1 aliphatic carbocycles. The van der Waals surface area contributed by atoms with Gasteiger partial charge in [0.15, 0.2) is 8.07 Å². The fourth-order valence-electron chi connectivity index (χ4n) is 15.8. The van der Waals surface area contributed by atoms with Gasteiger partial charge in [0.25, 0.3) is 0 Å². The molecule has 420 valence electrons. The fourth-order valence-corrected chi connectivity index (χ4v) is 23.6. The zero-order chi connectivity index (χ0) is 59.2. The van der Waals surface area contributed by atoms with Gasteiger partial charge in [-0.25, -0.2) is 0 Å². The third kappa shape index (κ3) is 8.05. The second-order valence-corrected chi connectivity index (χ2v) is 33.3. The minimum Gasteiger partial charge on any atom is -0.311 e. The Bertz CT molecular complexity index is 4460. The number of hydrogen-bond acceptors (Lipinski definition) is 2. The van der Waals surface area contributed by atoms with Gasteiger partial charge in [-0.2, -0.15) is 0 Å².